The Labute approximate surface area is 119 Å². The third-order valence-electron chi connectivity index (χ3n) is 4.27. The summed E-state index contributed by atoms with van der Waals surface area (Å²) in [5.41, 5.74) is 0.899. The highest BCUT2D eigenvalue weighted by Gasteiger charge is 2.37. The van der Waals surface area contributed by atoms with Crippen LogP contribution in [0, 0.1) is 11.8 Å². The van der Waals surface area contributed by atoms with Crippen molar-refractivity contribution in [2.24, 2.45) is 11.8 Å². The van der Waals surface area contributed by atoms with Crippen LogP contribution in [0.25, 0.3) is 0 Å². The minimum Gasteiger partial charge on any atom is -0.496 e. The highest BCUT2D eigenvalue weighted by molar-refractivity contribution is 5.72. The number of methoxy groups -OCH3 is 2. The largest absolute Gasteiger partial charge is 0.496 e. The molecule has 0 spiro atoms. The van der Waals surface area contributed by atoms with Gasteiger partial charge in [-0.3, -0.25) is 4.79 Å². The van der Waals surface area contributed by atoms with Gasteiger partial charge in [-0.15, -0.1) is 0 Å². The Balaban J connectivity index is 2.48. The van der Waals surface area contributed by atoms with Crippen molar-refractivity contribution in [3.63, 3.8) is 0 Å². The van der Waals surface area contributed by atoms with E-state index in [1.54, 1.807) is 14.2 Å². The Morgan fingerprint density at radius 3 is 2.30 bits per heavy atom. The maximum absolute atomic E-state index is 11.6. The van der Waals surface area contributed by atoms with E-state index < -0.39 is 5.97 Å². The van der Waals surface area contributed by atoms with Crippen molar-refractivity contribution in [1.82, 2.24) is 0 Å². The molecule has 0 aliphatic heterocycles. The smallest absolute Gasteiger partial charge is 0.307 e. The van der Waals surface area contributed by atoms with Gasteiger partial charge in [-0.25, -0.2) is 0 Å². The van der Waals surface area contributed by atoms with Crippen LogP contribution >= 0.6 is 0 Å². The molecular weight excluding hydrogens is 256 g/mol. The zero-order chi connectivity index (χ0) is 14.7. The quantitative estimate of drug-likeness (QED) is 0.918. The number of aliphatic carboxylic acids is 1. The lowest BCUT2D eigenvalue weighted by atomic mass is 9.71. The summed E-state index contributed by atoms with van der Waals surface area (Å²) in [5.74, 6) is 0.809. The predicted octanol–water partition coefficient (Wildman–Crippen LogP) is 3.31. The van der Waals surface area contributed by atoms with Crippen LogP contribution in [0.15, 0.2) is 18.2 Å². The van der Waals surface area contributed by atoms with Crippen molar-refractivity contribution in [3.05, 3.63) is 23.8 Å². The fourth-order valence-corrected chi connectivity index (χ4v) is 3.24. The average molecular weight is 278 g/mol. The molecule has 4 nitrogen and oxygen atoms in total. The maximum Gasteiger partial charge on any atom is 0.307 e. The van der Waals surface area contributed by atoms with Crippen LogP contribution in [-0.2, 0) is 4.79 Å². The number of benzene rings is 1. The molecule has 0 amide bonds. The molecule has 1 aromatic carbocycles. The standard InChI is InChI=1S/C16H22O4/c1-10-7-8-11(16(17)18)12(9-10)15-13(19-2)5-4-6-14(15)20-3/h4-6,10-12H,7-9H2,1-3H3,(H,17,18). The molecule has 110 valence electrons. The summed E-state index contributed by atoms with van der Waals surface area (Å²) in [5, 5.41) is 9.50. The lowest BCUT2D eigenvalue weighted by Gasteiger charge is -2.34. The third-order valence-corrected chi connectivity index (χ3v) is 4.27. The van der Waals surface area contributed by atoms with E-state index in [2.05, 4.69) is 6.92 Å². The van der Waals surface area contributed by atoms with E-state index in [0.29, 0.717) is 12.3 Å². The first-order chi connectivity index (χ1) is 9.58. The number of hydrogen-bond donors (Lipinski definition) is 1. The number of carboxylic acid groups (broad SMARTS) is 1. The molecular formula is C16H22O4. The van der Waals surface area contributed by atoms with E-state index in [1.165, 1.54) is 0 Å². The Morgan fingerprint density at radius 2 is 1.80 bits per heavy atom. The van der Waals surface area contributed by atoms with Crippen molar-refractivity contribution in [1.29, 1.82) is 0 Å². The average Bonchev–Trinajstić information content (AvgIpc) is 2.45. The number of carboxylic acids is 1. The van der Waals surface area contributed by atoms with Crippen LogP contribution in [0.1, 0.15) is 37.7 Å². The lowest BCUT2D eigenvalue weighted by Crippen LogP contribution is -2.29. The van der Waals surface area contributed by atoms with E-state index in [-0.39, 0.29) is 11.8 Å². The summed E-state index contributed by atoms with van der Waals surface area (Å²) >= 11 is 0. The van der Waals surface area contributed by atoms with Gasteiger partial charge in [0, 0.05) is 11.5 Å². The van der Waals surface area contributed by atoms with Crippen molar-refractivity contribution in [3.8, 4) is 11.5 Å². The minimum absolute atomic E-state index is 0.0534. The maximum atomic E-state index is 11.6. The Hall–Kier alpha value is -1.71. The summed E-state index contributed by atoms with van der Waals surface area (Å²) in [6, 6.07) is 5.61. The summed E-state index contributed by atoms with van der Waals surface area (Å²) in [4.78, 5) is 11.6. The summed E-state index contributed by atoms with van der Waals surface area (Å²) in [6.07, 6.45) is 2.53. The van der Waals surface area contributed by atoms with Crippen molar-refractivity contribution in [2.45, 2.75) is 32.1 Å². The van der Waals surface area contributed by atoms with Crippen LogP contribution in [0.3, 0.4) is 0 Å². The summed E-state index contributed by atoms with van der Waals surface area (Å²) in [7, 11) is 3.22. The molecule has 20 heavy (non-hydrogen) atoms. The minimum atomic E-state index is -0.727. The molecule has 0 bridgehead atoms. The van der Waals surface area contributed by atoms with Crippen LogP contribution in [-0.4, -0.2) is 25.3 Å². The second kappa shape index (κ2) is 6.16. The topological polar surface area (TPSA) is 55.8 Å². The first-order valence-electron chi connectivity index (χ1n) is 7.02. The first kappa shape index (κ1) is 14.7. The van der Waals surface area contributed by atoms with Crippen LogP contribution in [0.4, 0.5) is 0 Å². The highest BCUT2D eigenvalue weighted by atomic mass is 16.5. The summed E-state index contributed by atoms with van der Waals surface area (Å²) in [6.45, 7) is 2.17. The van der Waals surface area contributed by atoms with E-state index >= 15 is 0 Å². The second-order valence-electron chi connectivity index (χ2n) is 5.55. The third kappa shape index (κ3) is 2.74. The van der Waals surface area contributed by atoms with Crippen LogP contribution < -0.4 is 9.47 Å². The van der Waals surface area contributed by atoms with Gasteiger partial charge in [0.05, 0.1) is 20.1 Å². The molecule has 1 aliphatic rings. The summed E-state index contributed by atoms with van der Waals surface area (Å²) < 4.78 is 10.9. The van der Waals surface area contributed by atoms with Gasteiger partial charge in [0.1, 0.15) is 11.5 Å². The fourth-order valence-electron chi connectivity index (χ4n) is 3.24. The highest BCUT2D eigenvalue weighted by Crippen LogP contribution is 2.47. The molecule has 1 N–H and O–H groups in total. The molecule has 2 rings (SSSR count). The molecule has 0 heterocycles. The van der Waals surface area contributed by atoms with Gasteiger partial charge in [-0.05, 0) is 37.3 Å². The van der Waals surface area contributed by atoms with Gasteiger partial charge in [0.2, 0.25) is 0 Å². The number of carbonyl (C=O) groups is 1. The van der Waals surface area contributed by atoms with Crippen molar-refractivity contribution in [2.75, 3.05) is 14.2 Å². The fraction of sp³-hybridized carbons (Fsp3) is 0.562. The van der Waals surface area contributed by atoms with E-state index in [1.807, 2.05) is 18.2 Å². The van der Waals surface area contributed by atoms with Gasteiger partial charge in [-0.2, -0.15) is 0 Å². The molecule has 0 aromatic heterocycles. The van der Waals surface area contributed by atoms with Gasteiger partial charge in [0.25, 0.3) is 0 Å². The molecule has 4 heteroatoms. The van der Waals surface area contributed by atoms with E-state index in [9.17, 15) is 9.90 Å². The second-order valence-corrected chi connectivity index (χ2v) is 5.55. The number of rotatable bonds is 4. The van der Waals surface area contributed by atoms with Gasteiger partial charge < -0.3 is 14.6 Å². The zero-order valence-corrected chi connectivity index (χ0v) is 12.3. The lowest BCUT2D eigenvalue weighted by molar-refractivity contribution is -0.143. The number of ether oxygens (including phenoxy) is 2. The monoisotopic (exact) mass is 278 g/mol. The molecule has 1 saturated carbocycles. The molecule has 1 fully saturated rings. The molecule has 3 atom stereocenters. The number of hydrogen-bond acceptors (Lipinski definition) is 3. The molecule has 0 radical (unpaired) electrons. The van der Waals surface area contributed by atoms with Gasteiger partial charge >= 0.3 is 5.97 Å². The predicted molar refractivity (Wildman–Crippen MR) is 76.4 cm³/mol. The Kier molecular flexibility index (Phi) is 4.53. The SMILES string of the molecule is COc1cccc(OC)c1C1CC(C)CCC1C(=O)O. The normalized spacial score (nSPS) is 26.1. The Morgan fingerprint density at radius 1 is 1.20 bits per heavy atom. The van der Waals surface area contributed by atoms with Crippen molar-refractivity contribution < 1.29 is 19.4 Å². The van der Waals surface area contributed by atoms with Crippen molar-refractivity contribution >= 4 is 5.97 Å². The zero-order valence-electron chi connectivity index (χ0n) is 12.3. The molecule has 3 unspecified atom stereocenters. The van der Waals surface area contributed by atoms with E-state index in [0.717, 1.165) is 29.9 Å². The van der Waals surface area contributed by atoms with Crippen LogP contribution in [0.5, 0.6) is 11.5 Å². The van der Waals surface area contributed by atoms with Gasteiger partial charge in [0.15, 0.2) is 0 Å². The first-order valence-corrected chi connectivity index (χ1v) is 7.02. The molecule has 1 aliphatic carbocycles. The molecule has 1 aromatic rings. The Bertz CT molecular complexity index is 461. The van der Waals surface area contributed by atoms with Crippen LogP contribution in [0.2, 0.25) is 0 Å². The van der Waals surface area contributed by atoms with E-state index in [4.69, 9.17) is 9.47 Å². The van der Waals surface area contributed by atoms with Gasteiger partial charge in [-0.1, -0.05) is 13.0 Å². The molecule has 0 saturated heterocycles.